The molecule has 104 valence electrons. The zero-order valence-corrected chi connectivity index (χ0v) is 11.5. The van der Waals surface area contributed by atoms with E-state index < -0.39 is 0 Å². The van der Waals surface area contributed by atoms with E-state index in [1.165, 1.54) is 39.2 Å². The molecule has 4 heteroatoms. The zero-order chi connectivity index (χ0) is 13.0. The van der Waals surface area contributed by atoms with Crippen LogP contribution in [-0.2, 0) is 14.3 Å². The van der Waals surface area contributed by atoms with Gasteiger partial charge in [0.2, 0.25) is 0 Å². The van der Waals surface area contributed by atoms with E-state index in [1.54, 1.807) is 0 Å². The molecule has 0 aromatic carbocycles. The van der Waals surface area contributed by atoms with Crippen LogP contribution in [0, 0.1) is 5.41 Å². The summed E-state index contributed by atoms with van der Waals surface area (Å²) in [5.74, 6) is -0.180. The molecule has 1 spiro atoms. The van der Waals surface area contributed by atoms with Gasteiger partial charge in [0.1, 0.15) is 0 Å². The van der Waals surface area contributed by atoms with Crippen molar-refractivity contribution in [3.8, 4) is 0 Å². The highest BCUT2D eigenvalue weighted by Crippen LogP contribution is 2.53. The molecule has 1 N–H and O–H groups in total. The van der Waals surface area contributed by atoms with E-state index >= 15 is 0 Å². The van der Waals surface area contributed by atoms with E-state index in [0.717, 1.165) is 13.0 Å². The molecular weight excluding hydrogens is 230 g/mol. The smallest absolute Gasteiger partial charge is 0.319 e. The second-order valence-corrected chi connectivity index (χ2v) is 5.48. The van der Waals surface area contributed by atoms with Gasteiger partial charge in [-0.3, -0.25) is 4.79 Å². The first-order valence-electron chi connectivity index (χ1n) is 7.14. The average molecular weight is 255 g/mol. The van der Waals surface area contributed by atoms with Crippen molar-refractivity contribution in [2.24, 2.45) is 5.41 Å². The van der Waals surface area contributed by atoms with Crippen molar-refractivity contribution in [3.05, 3.63) is 0 Å². The SMILES string of the molecule is CCOC1CC(NCC(=O)OC)C12CCCCC2. The number of rotatable bonds is 5. The molecule has 0 aromatic rings. The van der Waals surface area contributed by atoms with Gasteiger partial charge in [-0.1, -0.05) is 19.3 Å². The van der Waals surface area contributed by atoms with Crippen LogP contribution in [-0.4, -0.2) is 38.4 Å². The van der Waals surface area contributed by atoms with Gasteiger partial charge < -0.3 is 14.8 Å². The predicted octanol–water partition coefficient (Wildman–Crippen LogP) is 1.88. The Morgan fingerprint density at radius 2 is 2.06 bits per heavy atom. The molecule has 2 rings (SSSR count). The summed E-state index contributed by atoms with van der Waals surface area (Å²) in [4.78, 5) is 11.2. The summed E-state index contributed by atoms with van der Waals surface area (Å²) in [7, 11) is 1.43. The Bertz CT molecular complexity index is 287. The van der Waals surface area contributed by atoms with Gasteiger partial charge in [0, 0.05) is 18.1 Å². The number of carbonyl (C=O) groups is 1. The Labute approximate surface area is 109 Å². The fourth-order valence-electron chi connectivity index (χ4n) is 3.63. The Hall–Kier alpha value is -0.610. The Morgan fingerprint density at radius 3 is 2.67 bits per heavy atom. The molecule has 0 aromatic heterocycles. The molecule has 0 radical (unpaired) electrons. The summed E-state index contributed by atoms with van der Waals surface area (Å²) >= 11 is 0. The predicted molar refractivity (Wildman–Crippen MR) is 69.4 cm³/mol. The first kappa shape index (κ1) is 13.8. The number of carbonyl (C=O) groups excluding carboxylic acids is 1. The molecule has 2 fully saturated rings. The Kier molecular flexibility index (Phi) is 4.62. The minimum absolute atomic E-state index is 0.180. The molecular formula is C14H25NO3. The van der Waals surface area contributed by atoms with E-state index in [1.807, 2.05) is 0 Å². The van der Waals surface area contributed by atoms with E-state index in [0.29, 0.717) is 18.7 Å². The lowest BCUT2D eigenvalue weighted by molar-refractivity contribution is -0.155. The molecule has 2 aliphatic rings. The van der Waals surface area contributed by atoms with E-state index in [9.17, 15) is 4.79 Å². The summed E-state index contributed by atoms with van der Waals surface area (Å²) in [6, 6.07) is 0.424. The maximum atomic E-state index is 11.2. The molecule has 4 nitrogen and oxygen atoms in total. The van der Waals surface area contributed by atoms with Crippen molar-refractivity contribution in [2.45, 2.75) is 57.6 Å². The van der Waals surface area contributed by atoms with Crippen molar-refractivity contribution in [2.75, 3.05) is 20.3 Å². The van der Waals surface area contributed by atoms with Crippen molar-refractivity contribution < 1.29 is 14.3 Å². The summed E-state index contributed by atoms with van der Waals surface area (Å²) in [6.45, 7) is 3.17. The second kappa shape index (κ2) is 6.02. The molecule has 0 heterocycles. The Morgan fingerprint density at radius 1 is 1.33 bits per heavy atom. The van der Waals surface area contributed by atoms with Crippen LogP contribution in [0.3, 0.4) is 0 Å². The second-order valence-electron chi connectivity index (χ2n) is 5.48. The summed E-state index contributed by atoms with van der Waals surface area (Å²) < 4.78 is 10.6. The van der Waals surface area contributed by atoms with Crippen LogP contribution in [0.15, 0.2) is 0 Å². The van der Waals surface area contributed by atoms with E-state index in [-0.39, 0.29) is 11.4 Å². The highest BCUT2D eigenvalue weighted by molar-refractivity contribution is 5.71. The van der Waals surface area contributed by atoms with E-state index in [4.69, 9.17) is 4.74 Å². The van der Waals surface area contributed by atoms with E-state index in [2.05, 4.69) is 17.0 Å². The van der Waals surface area contributed by atoms with Gasteiger partial charge in [0.15, 0.2) is 0 Å². The lowest BCUT2D eigenvalue weighted by Crippen LogP contribution is -2.65. The molecule has 0 aliphatic heterocycles. The first-order chi connectivity index (χ1) is 8.73. The monoisotopic (exact) mass is 255 g/mol. The molecule has 0 amide bonds. The van der Waals surface area contributed by atoms with Gasteiger partial charge in [-0.25, -0.2) is 0 Å². The summed E-state index contributed by atoms with van der Waals surface area (Å²) in [6.07, 6.45) is 7.81. The maximum Gasteiger partial charge on any atom is 0.319 e. The fraction of sp³-hybridized carbons (Fsp3) is 0.929. The average Bonchev–Trinajstić information content (AvgIpc) is 2.42. The van der Waals surface area contributed by atoms with Gasteiger partial charge in [0.05, 0.1) is 19.8 Å². The minimum atomic E-state index is -0.180. The third-order valence-electron chi connectivity index (χ3n) is 4.66. The van der Waals surface area contributed by atoms with Crippen molar-refractivity contribution in [1.29, 1.82) is 0 Å². The largest absolute Gasteiger partial charge is 0.468 e. The van der Waals surface area contributed by atoms with Crippen molar-refractivity contribution in [1.82, 2.24) is 5.32 Å². The molecule has 2 unspecified atom stereocenters. The number of methoxy groups -OCH3 is 1. The molecule has 2 saturated carbocycles. The molecule has 18 heavy (non-hydrogen) atoms. The third kappa shape index (κ3) is 2.54. The molecule has 2 atom stereocenters. The summed E-state index contributed by atoms with van der Waals surface area (Å²) in [5.41, 5.74) is 0.280. The van der Waals surface area contributed by atoms with Crippen LogP contribution in [0.1, 0.15) is 45.4 Å². The molecule has 0 saturated heterocycles. The standard InChI is InChI=1S/C14H25NO3/c1-3-18-12-9-11(15-10-13(16)17-2)14(12)7-5-4-6-8-14/h11-12,15H,3-10H2,1-2H3. The number of nitrogens with one attached hydrogen (secondary N) is 1. The van der Waals surface area contributed by atoms with Crippen LogP contribution >= 0.6 is 0 Å². The topological polar surface area (TPSA) is 47.6 Å². The minimum Gasteiger partial charge on any atom is -0.468 e. The van der Waals surface area contributed by atoms with Crippen molar-refractivity contribution in [3.63, 3.8) is 0 Å². The zero-order valence-electron chi connectivity index (χ0n) is 11.5. The maximum absolute atomic E-state index is 11.2. The Balaban J connectivity index is 1.92. The molecule has 0 bridgehead atoms. The van der Waals surface area contributed by atoms with Crippen molar-refractivity contribution >= 4 is 5.97 Å². The highest BCUT2D eigenvalue weighted by atomic mass is 16.5. The number of hydrogen-bond donors (Lipinski definition) is 1. The van der Waals surface area contributed by atoms with Crippen LogP contribution < -0.4 is 5.32 Å². The lowest BCUT2D eigenvalue weighted by atomic mass is 9.55. The molecule has 2 aliphatic carbocycles. The van der Waals surface area contributed by atoms with Gasteiger partial charge in [-0.2, -0.15) is 0 Å². The summed E-state index contributed by atoms with van der Waals surface area (Å²) in [5, 5.41) is 3.36. The van der Waals surface area contributed by atoms with Gasteiger partial charge in [0.25, 0.3) is 0 Å². The lowest BCUT2D eigenvalue weighted by Gasteiger charge is -2.57. The van der Waals surface area contributed by atoms with Crippen LogP contribution in [0.5, 0.6) is 0 Å². The quantitative estimate of drug-likeness (QED) is 0.762. The normalized spacial score (nSPS) is 29.9. The number of esters is 1. The number of hydrogen-bond acceptors (Lipinski definition) is 4. The van der Waals surface area contributed by atoms with Gasteiger partial charge in [-0.15, -0.1) is 0 Å². The third-order valence-corrected chi connectivity index (χ3v) is 4.66. The number of ether oxygens (including phenoxy) is 2. The van der Waals surface area contributed by atoms with Crippen LogP contribution in [0.25, 0.3) is 0 Å². The van der Waals surface area contributed by atoms with Crippen LogP contribution in [0.4, 0.5) is 0 Å². The highest BCUT2D eigenvalue weighted by Gasteiger charge is 2.55. The van der Waals surface area contributed by atoms with Crippen LogP contribution in [0.2, 0.25) is 0 Å². The van der Waals surface area contributed by atoms with Gasteiger partial charge >= 0.3 is 5.97 Å². The first-order valence-corrected chi connectivity index (χ1v) is 7.14. The fourth-order valence-corrected chi connectivity index (χ4v) is 3.63. The van der Waals surface area contributed by atoms with Gasteiger partial charge in [-0.05, 0) is 26.2 Å².